The van der Waals surface area contributed by atoms with Crippen LogP contribution in [-0.2, 0) is 5.41 Å². The topological polar surface area (TPSA) is 0 Å². The van der Waals surface area contributed by atoms with E-state index in [9.17, 15) is 0 Å². The van der Waals surface area contributed by atoms with E-state index in [0.29, 0.717) is 5.92 Å². The Balaban J connectivity index is 2.26. The smallest absolute Gasteiger partial charge is 0.0258 e. The summed E-state index contributed by atoms with van der Waals surface area (Å²) in [6.07, 6.45) is 0. The van der Waals surface area contributed by atoms with Crippen LogP contribution in [0.25, 0.3) is 0 Å². The van der Waals surface area contributed by atoms with Crippen molar-refractivity contribution in [3.05, 3.63) is 53.6 Å². The maximum absolute atomic E-state index is 4.60. The minimum Gasteiger partial charge on any atom is -0.142 e. The Morgan fingerprint density at radius 2 is 1.57 bits per heavy atom. The maximum atomic E-state index is 4.60. The van der Waals surface area contributed by atoms with E-state index in [1.165, 1.54) is 20.9 Å². The van der Waals surface area contributed by atoms with E-state index in [4.69, 9.17) is 0 Å². The SMILES string of the molecule is CC(C)c1ccc(Sc2cc(C(C)(C)C)ccc2S)cc1. The van der Waals surface area contributed by atoms with Gasteiger partial charge in [0.2, 0.25) is 0 Å². The first kappa shape index (κ1) is 16.5. The predicted molar refractivity (Wildman–Crippen MR) is 97.0 cm³/mol. The molecule has 2 heteroatoms. The summed E-state index contributed by atoms with van der Waals surface area (Å²) in [5, 5.41) is 0. The van der Waals surface area contributed by atoms with E-state index in [2.05, 4.69) is 89.7 Å². The standard InChI is InChI=1S/C19H24S2/c1-13(2)14-6-9-16(10-7-14)21-18-12-15(19(3,4)5)8-11-17(18)20/h6-13,20H,1-5H3. The Morgan fingerprint density at radius 3 is 2.10 bits per heavy atom. The molecule has 2 aromatic carbocycles. The van der Waals surface area contributed by atoms with Crippen LogP contribution in [0, 0.1) is 0 Å². The Kier molecular flexibility index (Phi) is 5.11. The average Bonchev–Trinajstić information content (AvgIpc) is 2.40. The van der Waals surface area contributed by atoms with Gasteiger partial charge in [-0.3, -0.25) is 0 Å². The molecule has 0 aromatic heterocycles. The Labute approximate surface area is 138 Å². The Hall–Kier alpha value is -0.860. The zero-order chi connectivity index (χ0) is 15.6. The lowest BCUT2D eigenvalue weighted by Crippen LogP contribution is -2.10. The van der Waals surface area contributed by atoms with Crippen molar-refractivity contribution in [1.29, 1.82) is 0 Å². The van der Waals surface area contributed by atoms with Crippen LogP contribution in [0.3, 0.4) is 0 Å². The Bertz CT molecular complexity index is 604. The second-order valence-electron chi connectivity index (χ2n) is 6.76. The molecule has 0 saturated heterocycles. The van der Waals surface area contributed by atoms with Crippen molar-refractivity contribution >= 4 is 24.4 Å². The lowest BCUT2D eigenvalue weighted by Gasteiger charge is -2.20. The third kappa shape index (κ3) is 4.31. The van der Waals surface area contributed by atoms with Gasteiger partial charge in [0.25, 0.3) is 0 Å². The van der Waals surface area contributed by atoms with Crippen LogP contribution in [0.5, 0.6) is 0 Å². The van der Waals surface area contributed by atoms with Crippen LogP contribution >= 0.6 is 24.4 Å². The highest BCUT2D eigenvalue weighted by Gasteiger charge is 2.15. The fraction of sp³-hybridized carbons (Fsp3) is 0.368. The molecular weight excluding hydrogens is 292 g/mol. The molecule has 0 atom stereocenters. The molecule has 2 rings (SSSR count). The normalized spacial score (nSPS) is 12.0. The fourth-order valence-electron chi connectivity index (χ4n) is 2.11. The maximum Gasteiger partial charge on any atom is 0.0258 e. The molecule has 2 aromatic rings. The largest absolute Gasteiger partial charge is 0.142 e. The van der Waals surface area contributed by atoms with E-state index in [-0.39, 0.29) is 5.41 Å². The molecule has 0 amide bonds. The lowest BCUT2D eigenvalue weighted by atomic mass is 9.87. The van der Waals surface area contributed by atoms with E-state index in [1.54, 1.807) is 11.8 Å². The quantitative estimate of drug-likeness (QED) is 0.627. The van der Waals surface area contributed by atoms with E-state index >= 15 is 0 Å². The summed E-state index contributed by atoms with van der Waals surface area (Å²) in [7, 11) is 0. The third-order valence-electron chi connectivity index (χ3n) is 3.60. The van der Waals surface area contributed by atoms with E-state index in [1.807, 2.05) is 0 Å². The third-order valence-corrected chi connectivity index (χ3v) is 5.21. The molecule has 0 unspecified atom stereocenters. The highest BCUT2D eigenvalue weighted by Crippen LogP contribution is 2.36. The first-order valence-electron chi connectivity index (χ1n) is 7.38. The van der Waals surface area contributed by atoms with Crippen LogP contribution in [-0.4, -0.2) is 0 Å². The molecule has 0 bridgehead atoms. The van der Waals surface area contributed by atoms with Gasteiger partial charge in [0.1, 0.15) is 0 Å². The molecule has 0 spiro atoms. The molecule has 0 fully saturated rings. The van der Waals surface area contributed by atoms with Crippen molar-refractivity contribution in [2.24, 2.45) is 0 Å². The molecule has 0 N–H and O–H groups in total. The highest BCUT2D eigenvalue weighted by atomic mass is 32.2. The van der Waals surface area contributed by atoms with Gasteiger partial charge in [0, 0.05) is 14.7 Å². The van der Waals surface area contributed by atoms with Crippen molar-refractivity contribution in [3.63, 3.8) is 0 Å². The van der Waals surface area contributed by atoms with Gasteiger partial charge in [-0.2, -0.15) is 0 Å². The highest BCUT2D eigenvalue weighted by molar-refractivity contribution is 7.99. The van der Waals surface area contributed by atoms with E-state index in [0.717, 1.165) is 4.90 Å². The number of hydrogen-bond donors (Lipinski definition) is 1. The summed E-state index contributed by atoms with van der Waals surface area (Å²) in [5.41, 5.74) is 2.90. The molecule has 0 heterocycles. The van der Waals surface area contributed by atoms with Crippen LogP contribution in [0.4, 0.5) is 0 Å². The molecule has 0 aliphatic rings. The molecule has 112 valence electrons. The first-order valence-corrected chi connectivity index (χ1v) is 8.65. The summed E-state index contributed by atoms with van der Waals surface area (Å²) < 4.78 is 0. The molecule has 0 saturated carbocycles. The monoisotopic (exact) mass is 316 g/mol. The van der Waals surface area contributed by atoms with Crippen LogP contribution in [0.15, 0.2) is 57.2 Å². The second-order valence-corrected chi connectivity index (χ2v) is 8.36. The van der Waals surface area contributed by atoms with Crippen molar-refractivity contribution in [2.45, 2.75) is 60.6 Å². The summed E-state index contributed by atoms with van der Waals surface area (Å²) in [6.45, 7) is 11.2. The lowest BCUT2D eigenvalue weighted by molar-refractivity contribution is 0.587. The number of rotatable bonds is 3. The molecular formula is C19H24S2. The summed E-state index contributed by atoms with van der Waals surface area (Å²) >= 11 is 6.39. The van der Waals surface area contributed by atoms with E-state index < -0.39 is 0 Å². The van der Waals surface area contributed by atoms with Gasteiger partial charge < -0.3 is 0 Å². The summed E-state index contributed by atoms with van der Waals surface area (Å²) in [5.74, 6) is 0.578. The molecule has 0 radical (unpaired) electrons. The molecule has 0 aliphatic heterocycles. The van der Waals surface area contributed by atoms with Crippen LogP contribution in [0.1, 0.15) is 51.7 Å². The number of benzene rings is 2. The van der Waals surface area contributed by atoms with Crippen LogP contribution in [0.2, 0.25) is 0 Å². The first-order chi connectivity index (χ1) is 9.77. The molecule has 21 heavy (non-hydrogen) atoms. The molecule has 0 nitrogen and oxygen atoms in total. The van der Waals surface area contributed by atoms with Gasteiger partial charge in [-0.25, -0.2) is 0 Å². The summed E-state index contributed by atoms with van der Waals surface area (Å²) in [4.78, 5) is 3.53. The fourth-order valence-corrected chi connectivity index (χ4v) is 3.27. The minimum atomic E-state index is 0.165. The summed E-state index contributed by atoms with van der Waals surface area (Å²) in [6, 6.07) is 15.4. The molecule has 0 aliphatic carbocycles. The predicted octanol–water partition coefficient (Wildman–Crippen LogP) is 6.55. The second kappa shape index (κ2) is 6.50. The van der Waals surface area contributed by atoms with Crippen molar-refractivity contribution in [3.8, 4) is 0 Å². The van der Waals surface area contributed by atoms with Crippen molar-refractivity contribution < 1.29 is 0 Å². The number of thiol groups is 1. The van der Waals surface area contributed by atoms with Gasteiger partial charge in [0.15, 0.2) is 0 Å². The van der Waals surface area contributed by atoms with Gasteiger partial charge in [0.05, 0.1) is 0 Å². The zero-order valence-electron chi connectivity index (χ0n) is 13.5. The Morgan fingerprint density at radius 1 is 0.952 bits per heavy atom. The van der Waals surface area contributed by atoms with Crippen LogP contribution < -0.4 is 0 Å². The van der Waals surface area contributed by atoms with Gasteiger partial charge in [-0.15, -0.1) is 12.6 Å². The average molecular weight is 317 g/mol. The minimum absolute atomic E-state index is 0.165. The van der Waals surface area contributed by atoms with Gasteiger partial charge >= 0.3 is 0 Å². The van der Waals surface area contributed by atoms with Crippen molar-refractivity contribution in [2.75, 3.05) is 0 Å². The number of hydrogen-bond acceptors (Lipinski definition) is 2. The van der Waals surface area contributed by atoms with Crippen molar-refractivity contribution in [1.82, 2.24) is 0 Å². The zero-order valence-corrected chi connectivity index (χ0v) is 15.2. The van der Waals surface area contributed by atoms with Gasteiger partial charge in [-0.05, 0) is 46.7 Å². The van der Waals surface area contributed by atoms with Gasteiger partial charge in [-0.1, -0.05) is 64.6 Å².